The average Bonchev–Trinajstić information content (AvgIpc) is 3.23. The SMILES string of the molecule is NCc1nc(CN(CCc2cccc(F)c2)C2CC2)no1. The third-order valence-electron chi connectivity index (χ3n) is 3.67. The summed E-state index contributed by atoms with van der Waals surface area (Å²) in [5, 5.41) is 3.94. The molecule has 2 N–H and O–H groups in total. The summed E-state index contributed by atoms with van der Waals surface area (Å²) < 4.78 is 18.2. The first kappa shape index (κ1) is 14.2. The van der Waals surface area contributed by atoms with E-state index in [1.54, 1.807) is 12.1 Å². The van der Waals surface area contributed by atoms with Crippen LogP contribution in [0, 0.1) is 5.82 Å². The average molecular weight is 290 g/mol. The van der Waals surface area contributed by atoms with Crippen molar-refractivity contribution in [2.75, 3.05) is 6.54 Å². The van der Waals surface area contributed by atoms with Gasteiger partial charge in [0.1, 0.15) is 5.82 Å². The fourth-order valence-corrected chi connectivity index (χ4v) is 2.41. The second kappa shape index (κ2) is 6.32. The Bertz CT molecular complexity index is 597. The van der Waals surface area contributed by atoms with Crippen LogP contribution in [-0.2, 0) is 19.5 Å². The van der Waals surface area contributed by atoms with Crippen molar-refractivity contribution in [3.8, 4) is 0 Å². The number of benzene rings is 1. The number of rotatable bonds is 7. The molecule has 0 bridgehead atoms. The van der Waals surface area contributed by atoms with Gasteiger partial charge >= 0.3 is 0 Å². The van der Waals surface area contributed by atoms with Crippen LogP contribution in [0.2, 0.25) is 0 Å². The first-order valence-electron chi connectivity index (χ1n) is 7.24. The van der Waals surface area contributed by atoms with E-state index in [-0.39, 0.29) is 12.4 Å². The molecule has 0 spiro atoms. The van der Waals surface area contributed by atoms with Crippen molar-refractivity contribution in [2.24, 2.45) is 5.73 Å². The topological polar surface area (TPSA) is 68.2 Å². The largest absolute Gasteiger partial charge is 0.338 e. The fourth-order valence-electron chi connectivity index (χ4n) is 2.41. The predicted molar refractivity (Wildman–Crippen MR) is 75.7 cm³/mol. The van der Waals surface area contributed by atoms with Crippen molar-refractivity contribution in [1.82, 2.24) is 15.0 Å². The van der Waals surface area contributed by atoms with Gasteiger partial charge in [0.15, 0.2) is 5.82 Å². The van der Waals surface area contributed by atoms with E-state index < -0.39 is 0 Å². The molecule has 5 nitrogen and oxygen atoms in total. The second-order valence-electron chi connectivity index (χ2n) is 5.39. The number of halogens is 1. The summed E-state index contributed by atoms with van der Waals surface area (Å²) >= 11 is 0. The molecule has 1 aliphatic carbocycles. The molecule has 0 saturated heterocycles. The van der Waals surface area contributed by atoms with Crippen LogP contribution in [-0.4, -0.2) is 27.6 Å². The quantitative estimate of drug-likeness (QED) is 0.843. The molecule has 6 heteroatoms. The number of hydrogen-bond donors (Lipinski definition) is 1. The third kappa shape index (κ3) is 3.86. The van der Waals surface area contributed by atoms with Crippen molar-refractivity contribution in [3.05, 3.63) is 47.4 Å². The molecule has 21 heavy (non-hydrogen) atoms. The van der Waals surface area contributed by atoms with Gasteiger partial charge in [0, 0.05) is 12.6 Å². The van der Waals surface area contributed by atoms with E-state index >= 15 is 0 Å². The number of aromatic nitrogens is 2. The molecule has 3 rings (SSSR count). The van der Waals surface area contributed by atoms with Crippen LogP contribution in [0.4, 0.5) is 4.39 Å². The molecular formula is C15H19FN4O. The lowest BCUT2D eigenvalue weighted by atomic mass is 10.1. The Balaban J connectivity index is 1.59. The van der Waals surface area contributed by atoms with Gasteiger partial charge in [-0.25, -0.2) is 4.39 Å². The highest BCUT2D eigenvalue weighted by molar-refractivity contribution is 5.16. The number of hydrogen-bond acceptors (Lipinski definition) is 5. The van der Waals surface area contributed by atoms with Crippen molar-refractivity contribution in [3.63, 3.8) is 0 Å². The van der Waals surface area contributed by atoms with E-state index in [1.807, 2.05) is 6.07 Å². The minimum absolute atomic E-state index is 0.184. The van der Waals surface area contributed by atoms with Crippen LogP contribution in [0.25, 0.3) is 0 Å². The Kier molecular flexibility index (Phi) is 4.26. The van der Waals surface area contributed by atoms with Gasteiger partial charge in [-0.05, 0) is 37.0 Å². The summed E-state index contributed by atoms with van der Waals surface area (Å²) in [6.45, 7) is 1.78. The lowest BCUT2D eigenvalue weighted by Crippen LogP contribution is -2.28. The van der Waals surface area contributed by atoms with Crippen LogP contribution in [0.5, 0.6) is 0 Å². The van der Waals surface area contributed by atoms with Gasteiger partial charge < -0.3 is 10.3 Å². The first-order valence-corrected chi connectivity index (χ1v) is 7.24. The third-order valence-corrected chi connectivity index (χ3v) is 3.67. The smallest absolute Gasteiger partial charge is 0.240 e. The fraction of sp³-hybridized carbons (Fsp3) is 0.467. The van der Waals surface area contributed by atoms with Crippen molar-refractivity contribution < 1.29 is 8.91 Å². The molecule has 0 aliphatic heterocycles. The zero-order valence-corrected chi connectivity index (χ0v) is 11.8. The van der Waals surface area contributed by atoms with E-state index in [9.17, 15) is 4.39 Å². The highest BCUT2D eigenvalue weighted by Gasteiger charge is 2.29. The van der Waals surface area contributed by atoms with E-state index in [0.717, 1.165) is 18.5 Å². The van der Waals surface area contributed by atoms with Gasteiger partial charge in [0.2, 0.25) is 5.89 Å². The van der Waals surface area contributed by atoms with E-state index in [1.165, 1.54) is 18.9 Å². The molecule has 0 atom stereocenters. The maximum absolute atomic E-state index is 13.2. The van der Waals surface area contributed by atoms with E-state index in [2.05, 4.69) is 15.0 Å². The summed E-state index contributed by atoms with van der Waals surface area (Å²) in [6.07, 6.45) is 3.21. The summed E-state index contributed by atoms with van der Waals surface area (Å²) in [4.78, 5) is 6.57. The molecule has 0 amide bonds. The molecule has 0 unspecified atom stereocenters. The van der Waals surface area contributed by atoms with Crippen LogP contribution in [0.15, 0.2) is 28.8 Å². The van der Waals surface area contributed by atoms with Gasteiger partial charge in [-0.15, -0.1) is 0 Å². The lowest BCUT2D eigenvalue weighted by molar-refractivity contribution is 0.246. The zero-order chi connectivity index (χ0) is 14.7. The van der Waals surface area contributed by atoms with Gasteiger partial charge in [0.25, 0.3) is 0 Å². The number of nitrogens with two attached hydrogens (primary N) is 1. The van der Waals surface area contributed by atoms with E-state index in [0.29, 0.717) is 24.3 Å². The molecule has 1 heterocycles. The Hall–Kier alpha value is -1.79. The minimum atomic E-state index is -0.184. The van der Waals surface area contributed by atoms with Crippen molar-refractivity contribution in [2.45, 2.75) is 38.4 Å². The zero-order valence-electron chi connectivity index (χ0n) is 11.8. The Morgan fingerprint density at radius 3 is 2.90 bits per heavy atom. The Morgan fingerprint density at radius 1 is 1.38 bits per heavy atom. The maximum atomic E-state index is 13.2. The summed E-state index contributed by atoms with van der Waals surface area (Å²) in [5.74, 6) is 0.948. The molecule has 1 aliphatic rings. The van der Waals surface area contributed by atoms with Crippen LogP contribution >= 0.6 is 0 Å². The van der Waals surface area contributed by atoms with Gasteiger partial charge in [0.05, 0.1) is 13.1 Å². The first-order chi connectivity index (χ1) is 10.2. The summed E-state index contributed by atoms with van der Waals surface area (Å²) in [6, 6.07) is 7.34. The lowest BCUT2D eigenvalue weighted by Gasteiger charge is -2.20. The molecule has 112 valence electrons. The van der Waals surface area contributed by atoms with E-state index in [4.69, 9.17) is 10.3 Å². The van der Waals surface area contributed by atoms with Crippen LogP contribution in [0.1, 0.15) is 30.1 Å². The van der Waals surface area contributed by atoms with Gasteiger partial charge in [-0.3, -0.25) is 4.90 Å². The summed E-state index contributed by atoms with van der Waals surface area (Å²) in [7, 11) is 0. The molecule has 2 aromatic rings. The Morgan fingerprint density at radius 2 is 2.24 bits per heavy atom. The normalized spacial score (nSPS) is 14.8. The molecule has 1 aromatic heterocycles. The van der Waals surface area contributed by atoms with Crippen LogP contribution < -0.4 is 5.73 Å². The minimum Gasteiger partial charge on any atom is -0.338 e. The van der Waals surface area contributed by atoms with Gasteiger partial charge in [-0.2, -0.15) is 4.98 Å². The summed E-state index contributed by atoms with van der Waals surface area (Å²) in [5.41, 5.74) is 6.48. The second-order valence-corrected chi connectivity index (χ2v) is 5.39. The maximum Gasteiger partial charge on any atom is 0.240 e. The highest BCUT2D eigenvalue weighted by atomic mass is 19.1. The van der Waals surface area contributed by atoms with Crippen LogP contribution in [0.3, 0.4) is 0 Å². The molecule has 1 fully saturated rings. The Labute approximate surface area is 122 Å². The predicted octanol–water partition coefficient (Wildman–Crippen LogP) is 1.87. The van der Waals surface area contributed by atoms with Crippen molar-refractivity contribution in [1.29, 1.82) is 0 Å². The molecular weight excluding hydrogens is 271 g/mol. The molecule has 0 radical (unpaired) electrons. The van der Waals surface area contributed by atoms with Gasteiger partial charge in [-0.1, -0.05) is 17.3 Å². The molecule has 1 saturated carbocycles. The highest BCUT2D eigenvalue weighted by Crippen LogP contribution is 2.28. The standard InChI is InChI=1S/C15H19FN4O/c16-12-3-1-2-11(8-12)6-7-20(13-4-5-13)10-14-18-15(9-17)21-19-14/h1-3,8,13H,4-7,9-10,17H2. The number of nitrogens with zero attached hydrogens (tertiary/aromatic N) is 3. The monoisotopic (exact) mass is 290 g/mol. The molecule has 1 aromatic carbocycles. The van der Waals surface area contributed by atoms with Crippen molar-refractivity contribution >= 4 is 0 Å².